The second kappa shape index (κ2) is 6.03. The molecule has 0 atom stereocenters. The van der Waals surface area contributed by atoms with Gasteiger partial charge in [0.1, 0.15) is 5.01 Å². The van der Waals surface area contributed by atoms with Crippen molar-refractivity contribution in [1.82, 2.24) is 20.0 Å². The van der Waals surface area contributed by atoms with Crippen molar-refractivity contribution >= 4 is 16.5 Å². The number of hydrogen-bond donors (Lipinski definition) is 1. The molecule has 0 spiro atoms. The van der Waals surface area contributed by atoms with Crippen LogP contribution in [0.15, 0.2) is 10.9 Å². The summed E-state index contributed by atoms with van der Waals surface area (Å²) in [5.74, 6) is 0. The molecule has 0 saturated heterocycles. The van der Waals surface area contributed by atoms with Gasteiger partial charge in [-0.3, -0.25) is 4.79 Å². The van der Waals surface area contributed by atoms with E-state index in [0.717, 1.165) is 66.3 Å². The first-order chi connectivity index (χ1) is 11.2. The van der Waals surface area contributed by atoms with Crippen LogP contribution in [0.25, 0.3) is 0 Å². The Morgan fingerprint density at radius 2 is 2.04 bits per heavy atom. The highest BCUT2D eigenvalue weighted by Crippen LogP contribution is 2.30. The maximum Gasteiger partial charge on any atom is 0.267 e. The van der Waals surface area contributed by atoms with Crippen molar-refractivity contribution in [2.45, 2.75) is 64.0 Å². The molecule has 0 aromatic carbocycles. The highest BCUT2D eigenvalue weighted by atomic mass is 32.1. The summed E-state index contributed by atoms with van der Waals surface area (Å²) in [4.78, 5) is 12.3. The van der Waals surface area contributed by atoms with Crippen LogP contribution >= 0.6 is 11.3 Å². The number of rotatable bonds is 3. The minimum absolute atomic E-state index is 0.0711. The van der Waals surface area contributed by atoms with Crippen LogP contribution in [0, 0.1) is 6.92 Å². The van der Waals surface area contributed by atoms with E-state index in [-0.39, 0.29) is 11.6 Å². The van der Waals surface area contributed by atoms with Crippen molar-refractivity contribution in [3.8, 4) is 0 Å². The molecule has 1 N–H and O–H groups in total. The van der Waals surface area contributed by atoms with Crippen LogP contribution in [0.5, 0.6) is 0 Å². The van der Waals surface area contributed by atoms with Crippen molar-refractivity contribution in [1.29, 1.82) is 0 Å². The summed E-state index contributed by atoms with van der Waals surface area (Å²) < 4.78 is 1.75. The van der Waals surface area contributed by atoms with Crippen LogP contribution < -0.4 is 10.9 Å². The Kier molecular flexibility index (Phi) is 3.88. The van der Waals surface area contributed by atoms with Crippen molar-refractivity contribution in [3.63, 3.8) is 0 Å². The first-order valence-electron chi connectivity index (χ1n) is 8.37. The number of aromatic nitrogens is 4. The van der Waals surface area contributed by atoms with Crippen molar-refractivity contribution in [2.75, 3.05) is 5.32 Å². The van der Waals surface area contributed by atoms with E-state index in [0.29, 0.717) is 6.04 Å². The van der Waals surface area contributed by atoms with Gasteiger partial charge in [-0.2, -0.15) is 5.10 Å². The maximum atomic E-state index is 12.3. The molecule has 2 aliphatic carbocycles. The van der Waals surface area contributed by atoms with Crippen LogP contribution in [0.3, 0.4) is 0 Å². The summed E-state index contributed by atoms with van der Waals surface area (Å²) in [6.45, 7) is 1.96. The van der Waals surface area contributed by atoms with Crippen LogP contribution in [0.2, 0.25) is 0 Å². The molecule has 23 heavy (non-hydrogen) atoms. The Bertz CT molecular complexity index is 760. The maximum absolute atomic E-state index is 12.3. The lowest BCUT2D eigenvalue weighted by atomic mass is 9.91. The molecule has 2 aromatic heterocycles. The zero-order valence-electron chi connectivity index (χ0n) is 13.3. The fourth-order valence-corrected chi connectivity index (χ4v) is 4.34. The summed E-state index contributed by atoms with van der Waals surface area (Å²) >= 11 is 1.59. The standard InChI is InChI=1S/C16H21N5OS/c1-10-18-19-16(23-10)17-12-5-7-13(8-6-12)21-15(22)9-11-3-2-4-14(11)20-21/h9,12-13H,2-8H2,1H3,(H,17,19). The van der Waals surface area contributed by atoms with Gasteiger partial charge < -0.3 is 5.32 Å². The average molecular weight is 331 g/mol. The number of nitrogens with one attached hydrogen (secondary N) is 1. The largest absolute Gasteiger partial charge is 0.357 e. The number of hydrogen-bond acceptors (Lipinski definition) is 6. The molecule has 0 radical (unpaired) electrons. The summed E-state index contributed by atoms with van der Waals surface area (Å²) in [6, 6.07) is 2.47. The van der Waals surface area contributed by atoms with Gasteiger partial charge in [-0.05, 0) is 57.4 Å². The molecule has 7 heteroatoms. The van der Waals surface area contributed by atoms with E-state index in [1.807, 2.05) is 13.0 Å². The third-order valence-corrected chi connectivity index (χ3v) is 5.65. The predicted octanol–water partition coefficient (Wildman–Crippen LogP) is 2.49. The third kappa shape index (κ3) is 3.02. The first kappa shape index (κ1) is 14.8. The molecule has 2 heterocycles. The third-order valence-electron chi connectivity index (χ3n) is 4.88. The molecule has 2 aliphatic rings. The number of nitrogens with zero attached hydrogens (tertiary/aromatic N) is 4. The van der Waals surface area contributed by atoms with Crippen LogP contribution in [-0.2, 0) is 12.8 Å². The van der Waals surface area contributed by atoms with Gasteiger partial charge in [0.15, 0.2) is 0 Å². The van der Waals surface area contributed by atoms with E-state index in [1.165, 1.54) is 0 Å². The van der Waals surface area contributed by atoms with Gasteiger partial charge in [0, 0.05) is 12.1 Å². The molecule has 0 amide bonds. The van der Waals surface area contributed by atoms with Crippen molar-refractivity contribution < 1.29 is 0 Å². The Balaban J connectivity index is 1.42. The fourth-order valence-electron chi connectivity index (χ4n) is 3.67. The van der Waals surface area contributed by atoms with Crippen LogP contribution in [0.4, 0.5) is 5.13 Å². The minimum atomic E-state index is 0.0711. The highest BCUT2D eigenvalue weighted by molar-refractivity contribution is 7.15. The number of fused-ring (bicyclic) bond motifs is 1. The van der Waals surface area contributed by atoms with E-state index in [2.05, 4.69) is 20.6 Å². The summed E-state index contributed by atoms with van der Waals surface area (Å²) in [5, 5.41) is 18.2. The molecule has 0 unspecified atom stereocenters. The molecule has 6 nitrogen and oxygen atoms in total. The Hall–Kier alpha value is -1.76. The summed E-state index contributed by atoms with van der Waals surface area (Å²) in [6.07, 6.45) is 7.20. The van der Waals surface area contributed by atoms with Gasteiger partial charge in [-0.15, -0.1) is 10.2 Å². The lowest BCUT2D eigenvalue weighted by Gasteiger charge is -2.29. The number of anilines is 1. The lowest BCUT2D eigenvalue weighted by molar-refractivity contribution is 0.302. The smallest absolute Gasteiger partial charge is 0.267 e. The van der Waals surface area contributed by atoms with Crippen LogP contribution in [-0.4, -0.2) is 26.0 Å². The van der Waals surface area contributed by atoms with Gasteiger partial charge in [0.25, 0.3) is 5.56 Å². The zero-order chi connectivity index (χ0) is 15.8. The van der Waals surface area contributed by atoms with Gasteiger partial charge in [-0.25, -0.2) is 4.68 Å². The average Bonchev–Trinajstić information content (AvgIpc) is 3.16. The van der Waals surface area contributed by atoms with E-state index in [9.17, 15) is 4.79 Å². The molecule has 1 fully saturated rings. The van der Waals surface area contributed by atoms with Crippen molar-refractivity contribution in [2.24, 2.45) is 0 Å². The summed E-state index contributed by atoms with van der Waals surface area (Å²) in [5.41, 5.74) is 2.37. The fraction of sp³-hybridized carbons (Fsp3) is 0.625. The zero-order valence-corrected chi connectivity index (χ0v) is 14.1. The number of aryl methyl sites for hydroxylation is 3. The summed E-state index contributed by atoms with van der Waals surface area (Å²) in [7, 11) is 0. The predicted molar refractivity (Wildman–Crippen MR) is 90.1 cm³/mol. The molecule has 4 rings (SSSR count). The normalized spacial score (nSPS) is 23.7. The van der Waals surface area contributed by atoms with E-state index >= 15 is 0 Å². The Morgan fingerprint density at radius 3 is 2.78 bits per heavy atom. The quantitative estimate of drug-likeness (QED) is 0.935. The topological polar surface area (TPSA) is 72.7 Å². The lowest BCUT2D eigenvalue weighted by Crippen LogP contribution is -2.33. The van der Waals surface area contributed by atoms with Crippen molar-refractivity contribution in [3.05, 3.63) is 32.7 Å². The van der Waals surface area contributed by atoms with Gasteiger partial charge >= 0.3 is 0 Å². The van der Waals surface area contributed by atoms with E-state index in [4.69, 9.17) is 0 Å². The van der Waals surface area contributed by atoms with Gasteiger partial charge in [-0.1, -0.05) is 11.3 Å². The van der Waals surface area contributed by atoms with Crippen LogP contribution in [0.1, 0.15) is 54.4 Å². The molecule has 1 saturated carbocycles. The van der Waals surface area contributed by atoms with Gasteiger partial charge in [0.05, 0.1) is 11.7 Å². The molecule has 2 aromatic rings. The Morgan fingerprint density at radius 1 is 1.22 bits per heavy atom. The van der Waals surface area contributed by atoms with Gasteiger partial charge in [0.2, 0.25) is 5.13 Å². The second-order valence-electron chi connectivity index (χ2n) is 6.53. The second-order valence-corrected chi connectivity index (χ2v) is 7.71. The SMILES string of the molecule is Cc1nnc(NC2CCC(n3nc4c(cc3=O)CCC4)CC2)s1. The monoisotopic (exact) mass is 331 g/mol. The van der Waals surface area contributed by atoms with E-state index in [1.54, 1.807) is 16.0 Å². The molecular formula is C16H21N5OS. The Labute approximate surface area is 139 Å². The minimum Gasteiger partial charge on any atom is -0.357 e. The molecule has 0 bridgehead atoms. The first-order valence-corrected chi connectivity index (χ1v) is 9.19. The highest BCUT2D eigenvalue weighted by Gasteiger charge is 2.25. The molecular weight excluding hydrogens is 310 g/mol. The van der Waals surface area contributed by atoms with E-state index < -0.39 is 0 Å². The molecule has 122 valence electrons. The molecule has 0 aliphatic heterocycles.